The molecular formula is C22H25ClN4O4S. The van der Waals surface area contributed by atoms with E-state index in [9.17, 15) is 13.2 Å². The second kappa shape index (κ2) is 8.80. The Morgan fingerprint density at radius 1 is 1.19 bits per heavy atom. The number of sulfonamides is 1. The van der Waals surface area contributed by atoms with Crippen LogP contribution in [-0.4, -0.2) is 41.9 Å². The van der Waals surface area contributed by atoms with Gasteiger partial charge in [-0.2, -0.15) is 4.31 Å². The van der Waals surface area contributed by atoms with Crippen LogP contribution < -0.4 is 5.32 Å². The highest BCUT2D eigenvalue weighted by molar-refractivity contribution is 7.89. The summed E-state index contributed by atoms with van der Waals surface area (Å²) < 4.78 is 33.0. The van der Waals surface area contributed by atoms with E-state index in [0.717, 1.165) is 19.3 Å². The van der Waals surface area contributed by atoms with Crippen LogP contribution in [0, 0.1) is 6.92 Å². The number of hydrogen-bond acceptors (Lipinski definition) is 6. The third kappa shape index (κ3) is 4.24. The van der Waals surface area contributed by atoms with Crippen molar-refractivity contribution >= 4 is 44.3 Å². The maximum Gasteiger partial charge on any atom is 0.259 e. The zero-order valence-corrected chi connectivity index (χ0v) is 19.8. The molecule has 170 valence electrons. The lowest BCUT2D eigenvalue weighted by Gasteiger charge is -2.26. The number of piperidine rings is 1. The van der Waals surface area contributed by atoms with Gasteiger partial charge in [0.2, 0.25) is 10.0 Å². The van der Waals surface area contributed by atoms with Gasteiger partial charge in [0, 0.05) is 24.5 Å². The first-order valence-corrected chi connectivity index (χ1v) is 12.4. The second-order valence-corrected chi connectivity index (χ2v) is 10.6. The molecule has 0 atom stereocenters. The molecule has 0 aliphatic carbocycles. The van der Waals surface area contributed by atoms with Crippen molar-refractivity contribution in [2.24, 2.45) is 0 Å². The van der Waals surface area contributed by atoms with Crippen LogP contribution in [0.2, 0.25) is 5.02 Å². The number of rotatable bonds is 5. The number of carbonyl (C=O) groups is 1. The smallest absolute Gasteiger partial charge is 0.259 e. The molecule has 0 bridgehead atoms. The van der Waals surface area contributed by atoms with Crippen LogP contribution >= 0.6 is 11.6 Å². The highest BCUT2D eigenvalue weighted by Crippen LogP contribution is 2.30. The van der Waals surface area contributed by atoms with E-state index >= 15 is 0 Å². The van der Waals surface area contributed by atoms with Crippen molar-refractivity contribution in [3.63, 3.8) is 0 Å². The van der Waals surface area contributed by atoms with Crippen molar-refractivity contribution in [1.29, 1.82) is 0 Å². The fourth-order valence-corrected chi connectivity index (χ4v) is 5.83. The molecule has 1 N–H and O–H groups in total. The molecule has 3 heterocycles. The molecule has 1 aliphatic heterocycles. The van der Waals surface area contributed by atoms with Crippen molar-refractivity contribution in [2.45, 2.75) is 50.8 Å². The molecule has 1 fully saturated rings. The van der Waals surface area contributed by atoms with E-state index in [4.69, 9.17) is 16.1 Å². The van der Waals surface area contributed by atoms with Crippen LogP contribution in [-0.2, 0) is 10.0 Å². The monoisotopic (exact) mass is 476 g/mol. The Balaban J connectivity index is 1.69. The number of fused-ring (bicyclic) bond motifs is 1. The van der Waals surface area contributed by atoms with Crippen LogP contribution in [0.25, 0.3) is 11.1 Å². The van der Waals surface area contributed by atoms with E-state index < -0.39 is 15.9 Å². The van der Waals surface area contributed by atoms with Gasteiger partial charge in [-0.05, 0) is 49.9 Å². The van der Waals surface area contributed by atoms with Crippen LogP contribution in [0.15, 0.2) is 33.7 Å². The summed E-state index contributed by atoms with van der Waals surface area (Å²) in [5.74, 6) is -0.331. The molecule has 0 saturated carbocycles. The minimum absolute atomic E-state index is 0.0113. The number of hydrogen-bond donors (Lipinski definition) is 1. The number of nitrogens with zero attached hydrogens (tertiary/aromatic N) is 3. The van der Waals surface area contributed by atoms with Gasteiger partial charge in [0.1, 0.15) is 4.90 Å². The maximum absolute atomic E-state index is 13.2. The Bertz CT molecular complexity index is 1280. The van der Waals surface area contributed by atoms with Gasteiger partial charge in [-0.25, -0.2) is 13.4 Å². The Hall–Kier alpha value is -2.49. The lowest BCUT2D eigenvalue weighted by atomic mass is 10.0. The number of aryl methyl sites for hydroxylation is 1. The predicted octanol–water partition coefficient (Wildman–Crippen LogP) is 4.73. The standard InChI is InChI=1S/C22H25ClN4O4S/c1-13(2)18-12-16(20-14(3)26-31-22(20)25-18)21(28)24-15-7-8-17(23)19(11-15)32(29,30)27-9-5-4-6-10-27/h7-8,11-13H,4-6,9-10H2,1-3H3,(H,24,28). The van der Waals surface area contributed by atoms with Crippen LogP contribution in [0.1, 0.15) is 60.8 Å². The predicted molar refractivity (Wildman–Crippen MR) is 123 cm³/mol. The first-order chi connectivity index (χ1) is 15.2. The number of aromatic nitrogens is 2. The Morgan fingerprint density at radius 2 is 1.91 bits per heavy atom. The average molecular weight is 477 g/mol. The minimum atomic E-state index is -3.75. The van der Waals surface area contributed by atoms with Crippen molar-refractivity contribution in [3.8, 4) is 0 Å². The summed E-state index contributed by atoms with van der Waals surface area (Å²) in [7, 11) is -3.75. The molecule has 1 saturated heterocycles. The number of anilines is 1. The van der Waals surface area contributed by atoms with Crippen LogP contribution in [0.3, 0.4) is 0 Å². The average Bonchev–Trinajstić information content (AvgIpc) is 3.15. The molecule has 4 rings (SSSR count). The number of amides is 1. The molecule has 1 aromatic carbocycles. The SMILES string of the molecule is Cc1noc2nc(C(C)C)cc(C(=O)Nc3ccc(Cl)c(S(=O)(=O)N4CCCCC4)c3)c12. The summed E-state index contributed by atoms with van der Waals surface area (Å²) in [5.41, 5.74) is 2.25. The second-order valence-electron chi connectivity index (χ2n) is 8.26. The first-order valence-electron chi connectivity index (χ1n) is 10.6. The molecule has 1 amide bonds. The van der Waals surface area contributed by atoms with E-state index in [1.165, 1.54) is 16.4 Å². The van der Waals surface area contributed by atoms with Gasteiger partial charge >= 0.3 is 0 Å². The van der Waals surface area contributed by atoms with Gasteiger partial charge in [-0.15, -0.1) is 0 Å². The number of halogens is 1. The summed E-state index contributed by atoms with van der Waals surface area (Å²) in [6, 6.07) is 6.19. The lowest BCUT2D eigenvalue weighted by Crippen LogP contribution is -2.35. The van der Waals surface area contributed by atoms with E-state index in [1.807, 2.05) is 13.8 Å². The molecule has 1 aliphatic rings. The molecule has 32 heavy (non-hydrogen) atoms. The minimum Gasteiger partial charge on any atom is -0.336 e. The maximum atomic E-state index is 13.2. The molecular weight excluding hydrogens is 452 g/mol. The van der Waals surface area contributed by atoms with Crippen molar-refractivity contribution in [2.75, 3.05) is 18.4 Å². The van der Waals surface area contributed by atoms with Crippen LogP contribution in [0.4, 0.5) is 5.69 Å². The first kappa shape index (κ1) is 22.7. The largest absolute Gasteiger partial charge is 0.336 e. The van der Waals surface area contributed by atoms with E-state index in [1.54, 1.807) is 19.1 Å². The normalized spacial score (nSPS) is 15.4. The Kier molecular flexibility index (Phi) is 6.24. The van der Waals surface area contributed by atoms with Crippen molar-refractivity contribution in [3.05, 3.63) is 46.2 Å². The highest BCUT2D eigenvalue weighted by Gasteiger charge is 2.28. The summed E-state index contributed by atoms with van der Waals surface area (Å²) >= 11 is 6.25. The topological polar surface area (TPSA) is 105 Å². The summed E-state index contributed by atoms with van der Waals surface area (Å²) in [6.07, 6.45) is 2.65. The van der Waals surface area contributed by atoms with Gasteiger partial charge < -0.3 is 9.84 Å². The zero-order chi connectivity index (χ0) is 23.0. The number of nitrogens with one attached hydrogen (secondary N) is 1. The van der Waals surface area contributed by atoms with Crippen molar-refractivity contribution < 1.29 is 17.7 Å². The Labute approximate surface area is 192 Å². The molecule has 8 nitrogen and oxygen atoms in total. The third-order valence-electron chi connectivity index (χ3n) is 5.59. The molecule has 0 radical (unpaired) electrons. The summed E-state index contributed by atoms with van der Waals surface area (Å²) in [6.45, 7) is 6.61. The van der Waals surface area contributed by atoms with Gasteiger partial charge in [0.15, 0.2) is 0 Å². The number of pyridine rings is 1. The highest BCUT2D eigenvalue weighted by atomic mass is 35.5. The lowest BCUT2D eigenvalue weighted by molar-refractivity contribution is 0.102. The fourth-order valence-electron chi connectivity index (χ4n) is 3.81. The van der Waals surface area contributed by atoms with E-state index in [2.05, 4.69) is 15.5 Å². The molecule has 0 spiro atoms. The summed E-state index contributed by atoms with van der Waals surface area (Å²) in [5, 5.41) is 7.39. The van der Waals surface area contributed by atoms with Gasteiger partial charge in [-0.3, -0.25) is 4.79 Å². The van der Waals surface area contributed by atoms with E-state index in [0.29, 0.717) is 46.8 Å². The molecule has 2 aromatic heterocycles. The van der Waals surface area contributed by atoms with Crippen molar-refractivity contribution in [1.82, 2.24) is 14.4 Å². The molecule has 3 aromatic rings. The van der Waals surface area contributed by atoms with Gasteiger partial charge in [-0.1, -0.05) is 37.0 Å². The third-order valence-corrected chi connectivity index (χ3v) is 7.98. The number of carbonyl (C=O) groups excluding carboxylic acids is 1. The quantitative estimate of drug-likeness (QED) is 0.570. The summed E-state index contributed by atoms with van der Waals surface area (Å²) in [4.78, 5) is 17.6. The Morgan fingerprint density at radius 3 is 2.59 bits per heavy atom. The number of benzene rings is 1. The van der Waals surface area contributed by atoms with Gasteiger partial charge in [0.05, 0.1) is 21.7 Å². The fraction of sp³-hybridized carbons (Fsp3) is 0.409. The van der Waals surface area contributed by atoms with Crippen LogP contribution in [0.5, 0.6) is 0 Å². The van der Waals surface area contributed by atoms with E-state index in [-0.39, 0.29) is 15.8 Å². The zero-order valence-electron chi connectivity index (χ0n) is 18.2. The van der Waals surface area contributed by atoms with Gasteiger partial charge in [0.25, 0.3) is 11.6 Å². The molecule has 10 heteroatoms. The molecule has 0 unspecified atom stereocenters.